The molecule has 1 atom stereocenters. The molecule has 2 fully saturated rings. The molecular weight excluding hydrogens is 390 g/mol. The van der Waals surface area contributed by atoms with E-state index >= 15 is 0 Å². The van der Waals surface area contributed by atoms with Crippen LogP contribution >= 0.6 is 0 Å². The summed E-state index contributed by atoms with van der Waals surface area (Å²) in [5.41, 5.74) is 3.34. The van der Waals surface area contributed by atoms with Crippen molar-refractivity contribution < 1.29 is 9.53 Å². The van der Waals surface area contributed by atoms with Gasteiger partial charge in [0.15, 0.2) is 0 Å². The Morgan fingerprint density at radius 2 is 1.94 bits per heavy atom. The van der Waals surface area contributed by atoms with Gasteiger partial charge in [-0.1, -0.05) is 0 Å². The molecule has 1 unspecified atom stereocenters. The first-order valence-electron chi connectivity index (χ1n) is 11.4. The molecule has 0 bridgehead atoms. The van der Waals surface area contributed by atoms with Crippen molar-refractivity contribution in [2.75, 3.05) is 32.1 Å². The Labute approximate surface area is 184 Å². The molecule has 2 aromatic heterocycles. The lowest BCUT2D eigenvalue weighted by molar-refractivity contribution is -0.123. The van der Waals surface area contributed by atoms with E-state index < -0.39 is 0 Å². The fourth-order valence-corrected chi connectivity index (χ4v) is 4.65. The van der Waals surface area contributed by atoms with E-state index in [4.69, 9.17) is 9.72 Å². The Morgan fingerprint density at radius 1 is 1.16 bits per heavy atom. The van der Waals surface area contributed by atoms with Gasteiger partial charge in [0.25, 0.3) is 0 Å². The number of nitrogens with one attached hydrogen (secondary N) is 1. The number of nitrogens with zero attached hydrogens (tertiary/aromatic N) is 4. The van der Waals surface area contributed by atoms with Gasteiger partial charge >= 0.3 is 0 Å². The van der Waals surface area contributed by atoms with Gasteiger partial charge in [0.1, 0.15) is 0 Å². The number of anilines is 1. The highest BCUT2D eigenvalue weighted by molar-refractivity contribution is 5.76. The molecule has 1 aliphatic heterocycles. The maximum atomic E-state index is 12.2. The van der Waals surface area contributed by atoms with Crippen molar-refractivity contribution in [1.82, 2.24) is 20.3 Å². The normalized spacial score (nSPS) is 23.5. The molecule has 4 rings (SSSR count). The quantitative estimate of drug-likeness (QED) is 0.733. The molecular formula is C24H33N5O2. The summed E-state index contributed by atoms with van der Waals surface area (Å²) in [5.74, 6) is 1.81. The van der Waals surface area contributed by atoms with Gasteiger partial charge in [-0.05, 0) is 62.1 Å². The fourth-order valence-electron chi connectivity index (χ4n) is 4.65. The first kappa shape index (κ1) is 21.7. The Kier molecular flexibility index (Phi) is 7.12. The van der Waals surface area contributed by atoms with Crippen LogP contribution in [0.5, 0.6) is 0 Å². The Balaban J connectivity index is 1.37. The molecule has 7 heteroatoms. The second-order valence-electron chi connectivity index (χ2n) is 8.96. The predicted octanol–water partition coefficient (Wildman–Crippen LogP) is 3.56. The minimum Gasteiger partial charge on any atom is -0.378 e. The van der Waals surface area contributed by atoms with E-state index in [0.717, 1.165) is 74.4 Å². The van der Waals surface area contributed by atoms with E-state index in [2.05, 4.69) is 15.3 Å². The minimum absolute atomic E-state index is 0.117. The van der Waals surface area contributed by atoms with Crippen LogP contribution in [0, 0.1) is 5.92 Å². The fraction of sp³-hybridized carbons (Fsp3) is 0.583. The number of hydrogen-bond donors (Lipinski definition) is 1. The smallest absolute Gasteiger partial charge is 0.225 e. The zero-order valence-electron chi connectivity index (χ0n) is 18.6. The molecule has 1 saturated heterocycles. The summed E-state index contributed by atoms with van der Waals surface area (Å²) in [4.78, 5) is 27.8. The summed E-state index contributed by atoms with van der Waals surface area (Å²) in [6.45, 7) is 1.56. The van der Waals surface area contributed by atoms with Gasteiger partial charge in [0.2, 0.25) is 11.9 Å². The largest absolute Gasteiger partial charge is 0.378 e. The van der Waals surface area contributed by atoms with Gasteiger partial charge in [-0.15, -0.1) is 0 Å². The molecule has 0 aromatic carbocycles. The number of pyridine rings is 1. The van der Waals surface area contributed by atoms with Crippen LogP contribution in [-0.4, -0.2) is 54.2 Å². The number of carbonyl (C=O) groups is 1. The third-order valence-corrected chi connectivity index (χ3v) is 6.46. The molecule has 166 valence electrons. The molecule has 1 N–H and O–H groups in total. The molecule has 1 saturated carbocycles. The van der Waals surface area contributed by atoms with Crippen molar-refractivity contribution >= 4 is 11.9 Å². The van der Waals surface area contributed by atoms with Crippen LogP contribution in [0.4, 0.5) is 5.95 Å². The summed E-state index contributed by atoms with van der Waals surface area (Å²) in [6, 6.07) is 4.04. The van der Waals surface area contributed by atoms with E-state index in [1.165, 1.54) is 0 Å². The third kappa shape index (κ3) is 5.58. The standard InChI is InChI=1S/C24H33N5O2/c1-29(2)24-27-16-21(18-9-11-25-12-10-18)23(28-24)19-7-5-17(6-8-19)15-26-22(30)14-20-4-3-13-31-20/h9-12,16-17,19-20H,3-8,13-15H2,1-2H3,(H,26,30). The van der Waals surface area contributed by atoms with Gasteiger partial charge in [0.05, 0.1) is 18.2 Å². The van der Waals surface area contributed by atoms with E-state index in [1.54, 1.807) is 0 Å². The van der Waals surface area contributed by atoms with Crippen molar-refractivity contribution in [1.29, 1.82) is 0 Å². The minimum atomic E-state index is 0.117. The summed E-state index contributed by atoms with van der Waals surface area (Å²) in [7, 11) is 3.95. The summed E-state index contributed by atoms with van der Waals surface area (Å²) >= 11 is 0. The highest BCUT2D eigenvalue weighted by atomic mass is 16.5. The first-order valence-corrected chi connectivity index (χ1v) is 11.4. The second-order valence-corrected chi connectivity index (χ2v) is 8.96. The van der Waals surface area contributed by atoms with Crippen LogP contribution in [-0.2, 0) is 9.53 Å². The maximum absolute atomic E-state index is 12.2. The van der Waals surface area contributed by atoms with E-state index in [1.807, 2.05) is 49.7 Å². The average Bonchev–Trinajstić information content (AvgIpc) is 3.31. The van der Waals surface area contributed by atoms with Crippen LogP contribution in [0.25, 0.3) is 11.1 Å². The molecule has 3 heterocycles. The number of hydrogen-bond acceptors (Lipinski definition) is 6. The molecule has 0 radical (unpaired) electrons. The number of amides is 1. The van der Waals surface area contributed by atoms with Crippen LogP contribution in [0.3, 0.4) is 0 Å². The molecule has 31 heavy (non-hydrogen) atoms. The lowest BCUT2D eigenvalue weighted by Gasteiger charge is -2.30. The zero-order valence-corrected chi connectivity index (χ0v) is 18.6. The molecule has 0 spiro atoms. The summed E-state index contributed by atoms with van der Waals surface area (Å²) in [6.07, 6.45) is 12.6. The van der Waals surface area contributed by atoms with E-state index in [0.29, 0.717) is 18.3 Å². The Morgan fingerprint density at radius 3 is 2.61 bits per heavy atom. The summed E-state index contributed by atoms with van der Waals surface area (Å²) in [5, 5.41) is 3.14. The van der Waals surface area contributed by atoms with Crippen molar-refractivity contribution in [2.24, 2.45) is 5.92 Å². The van der Waals surface area contributed by atoms with Crippen molar-refractivity contribution in [3.63, 3.8) is 0 Å². The molecule has 2 aromatic rings. The highest BCUT2D eigenvalue weighted by Gasteiger charge is 2.27. The third-order valence-electron chi connectivity index (χ3n) is 6.46. The van der Waals surface area contributed by atoms with Gasteiger partial charge in [0, 0.05) is 57.3 Å². The Bertz CT molecular complexity index is 860. The molecule has 7 nitrogen and oxygen atoms in total. The maximum Gasteiger partial charge on any atom is 0.225 e. The zero-order chi connectivity index (χ0) is 21.6. The molecule has 1 amide bonds. The monoisotopic (exact) mass is 423 g/mol. The van der Waals surface area contributed by atoms with Crippen LogP contribution in [0.1, 0.15) is 56.6 Å². The van der Waals surface area contributed by atoms with Crippen LogP contribution in [0.2, 0.25) is 0 Å². The Hall–Kier alpha value is -2.54. The molecule has 2 aliphatic rings. The van der Waals surface area contributed by atoms with E-state index in [9.17, 15) is 4.79 Å². The van der Waals surface area contributed by atoms with Gasteiger partial charge in [-0.25, -0.2) is 9.97 Å². The first-order chi connectivity index (χ1) is 15.1. The molecule has 1 aliphatic carbocycles. The average molecular weight is 424 g/mol. The lowest BCUT2D eigenvalue weighted by Crippen LogP contribution is -2.33. The van der Waals surface area contributed by atoms with Crippen molar-refractivity contribution in [2.45, 2.75) is 57.0 Å². The van der Waals surface area contributed by atoms with Gasteiger partial charge < -0.3 is 15.0 Å². The number of ether oxygens (including phenoxy) is 1. The van der Waals surface area contributed by atoms with Crippen molar-refractivity contribution in [3.8, 4) is 11.1 Å². The SMILES string of the molecule is CN(C)c1ncc(-c2ccncc2)c(C2CCC(CNC(=O)CC3CCCO3)CC2)n1. The number of rotatable bonds is 7. The van der Waals surface area contributed by atoms with E-state index in [-0.39, 0.29) is 12.0 Å². The summed E-state index contributed by atoms with van der Waals surface area (Å²) < 4.78 is 5.57. The van der Waals surface area contributed by atoms with Crippen molar-refractivity contribution in [3.05, 3.63) is 36.4 Å². The number of carbonyl (C=O) groups excluding carboxylic acids is 1. The second kappa shape index (κ2) is 10.2. The highest BCUT2D eigenvalue weighted by Crippen LogP contribution is 2.39. The topological polar surface area (TPSA) is 80.2 Å². The van der Waals surface area contributed by atoms with Gasteiger partial charge in [-0.2, -0.15) is 0 Å². The predicted molar refractivity (Wildman–Crippen MR) is 121 cm³/mol. The van der Waals surface area contributed by atoms with Crippen LogP contribution < -0.4 is 10.2 Å². The van der Waals surface area contributed by atoms with Crippen LogP contribution in [0.15, 0.2) is 30.7 Å². The lowest BCUT2D eigenvalue weighted by atomic mass is 9.79. The van der Waals surface area contributed by atoms with Gasteiger partial charge in [-0.3, -0.25) is 9.78 Å². The number of aromatic nitrogens is 3.